The van der Waals surface area contributed by atoms with Gasteiger partial charge in [0.15, 0.2) is 0 Å². The van der Waals surface area contributed by atoms with Gasteiger partial charge in [-0.3, -0.25) is 0 Å². The summed E-state index contributed by atoms with van der Waals surface area (Å²) in [5.74, 6) is 0.943. The van der Waals surface area contributed by atoms with E-state index in [9.17, 15) is 4.91 Å². The highest BCUT2D eigenvalue weighted by atomic mass is 35.5. The number of rotatable bonds is 11. The van der Waals surface area contributed by atoms with Gasteiger partial charge < -0.3 is 9.84 Å². The number of unbranched alkanes of at least 4 members (excludes halogenated alkanes) is 1. The minimum Gasteiger partial charge on any atom is -0.394 e. The van der Waals surface area contributed by atoms with E-state index in [1.165, 1.54) is 5.57 Å². The van der Waals surface area contributed by atoms with Crippen molar-refractivity contribution in [1.82, 2.24) is 0 Å². The van der Waals surface area contributed by atoms with Crippen LogP contribution in [0.15, 0.2) is 52.7 Å². The molecule has 0 aromatic rings. The monoisotopic (exact) mass is 455 g/mol. The Morgan fingerprint density at radius 3 is 2.42 bits per heavy atom. The van der Waals surface area contributed by atoms with Crippen molar-refractivity contribution in [3.8, 4) is 0 Å². The van der Waals surface area contributed by atoms with Gasteiger partial charge in [0.2, 0.25) is 0 Å². The van der Waals surface area contributed by atoms with E-state index in [0.29, 0.717) is 11.8 Å². The van der Waals surface area contributed by atoms with Crippen molar-refractivity contribution >= 4 is 11.6 Å². The lowest BCUT2D eigenvalue weighted by Gasteiger charge is -2.12. The van der Waals surface area contributed by atoms with Crippen molar-refractivity contribution < 1.29 is 9.84 Å². The van der Waals surface area contributed by atoms with Crippen LogP contribution in [0, 0.1) is 16.7 Å². The molecule has 0 amide bonds. The molecule has 0 bridgehead atoms. The summed E-state index contributed by atoms with van der Waals surface area (Å²) >= 11 is 5.79. The Kier molecular flexibility index (Phi) is 22.7. The summed E-state index contributed by atoms with van der Waals surface area (Å²) in [5, 5.41) is 12.6. The average Bonchev–Trinajstić information content (AvgIpc) is 3.10. The number of aliphatic hydroxyl groups is 1. The molecule has 4 atom stereocenters. The average molecular weight is 456 g/mol. The summed E-state index contributed by atoms with van der Waals surface area (Å²) in [6, 6.07) is -0.000264. The van der Waals surface area contributed by atoms with Gasteiger partial charge in [0.1, 0.15) is 0 Å². The lowest BCUT2D eigenvalue weighted by atomic mass is 9.94. The highest BCUT2D eigenvalue weighted by Crippen LogP contribution is 2.34. The number of allylic oxidation sites excluding steroid dienone is 6. The van der Waals surface area contributed by atoms with Gasteiger partial charge in [-0.15, -0.1) is 6.58 Å². The van der Waals surface area contributed by atoms with Gasteiger partial charge in [-0.2, -0.15) is 4.91 Å². The Hall–Kier alpha value is -1.23. The standard InChI is InChI=1S/C17H26ClNO.C6H14O2.C3H6/c1-13(9-11-15(3)18)7-5-4-6-8-16-14(2)10-12-17(16)19-20;1-3-4-6(5-7)8-2;1-3-2/h6,8-9,11,14,16-17H,4-5,7,10,12H2,1-3H3;6-7H,3-5H2,1-2H3;3H,1H2,2H3/b8-6+,13-9+,15-11+;;/t14-,16?,17+;;/m0../s1. The number of ether oxygens (including phenoxy) is 1. The quantitative estimate of drug-likeness (QED) is 0.149. The van der Waals surface area contributed by atoms with Crippen molar-refractivity contribution in [2.75, 3.05) is 13.7 Å². The number of aliphatic hydroxyl groups excluding tert-OH is 1. The van der Waals surface area contributed by atoms with Gasteiger partial charge in [-0.05, 0) is 71.3 Å². The molecule has 1 rings (SSSR count). The molecule has 0 aliphatic heterocycles. The second-order valence-corrected chi connectivity index (χ2v) is 8.72. The molecule has 4 nitrogen and oxygen atoms in total. The number of hydrogen-bond acceptors (Lipinski definition) is 4. The fourth-order valence-electron chi connectivity index (χ4n) is 3.34. The van der Waals surface area contributed by atoms with Gasteiger partial charge in [-0.25, -0.2) is 0 Å². The van der Waals surface area contributed by atoms with Crippen molar-refractivity contribution in [3.05, 3.63) is 52.5 Å². The smallest absolute Gasteiger partial charge is 0.0984 e. The maximum atomic E-state index is 10.8. The minimum absolute atomic E-state index is 0.000264. The van der Waals surface area contributed by atoms with Gasteiger partial charge in [-0.1, -0.05) is 66.9 Å². The fourth-order valence-corrected chi connectivity index (χ4v) is 3.40. The van der Waals surface area contributed by atoms with Crippen LogP contribution < -0.4 is 0 Å². The molecule has 1 aliphatic carbocycles. The Bertz CT molecular complexity index is 535. The van der Waals surface area contributed by atoms with Crippen LogP contribution in [0.4, 0.5) is 0 Å². The normalized spacial score (nSPS) is 22.3. The Morgan fingerprint density at radius 1 is 1.32 bits per heavy atom. The first-order valence-corrected chi connectivity index (χ1v) is 11.9. The summed E-state index contributed by atoms with van der Waals surface area (Å²) < 4.78 is 4.89. The third-order valence-corrected chi connectivity index (χ3v) is 5.33. The highest BCUT2D eigenvalue weighted by Gasteiger charge is 2.32. The first kappa shape index (κ1) is 32.0. The van der Waals surface area contributed by atoms with Crippen LogP contribution in [0.2, 0.25) is 0 Å². The Balaban J connectivity index is 0. The zero-order valence-corrected chi connectivity index (χ0v) is 21.4. The van der Waals surface area contributed by atoms with Crippen LogP contribution >= 0.6 is 11.6 Å². The summed E-state index contributed by atoms with van der Waals surface area (Å²) in [5.41, 5.74) is 1.35. The molecule has 180 valence electrons. The summed E-state index contributed by atoms with van der Waals surface area (Å²) in [6.45, 7) is 13.7. The van der Waals surface area contributed by atoms with E-state index in [1.807, 2.05) is 19.9 Å². The minimum atomic E-state index is -0.000264. The van der Waals surface area contributed by atoms with Crippen LogP contribution in [0.1, 0.15) is 79.6 Å². The second-order valence-electron chi connectivity index (χ2n) is 8.13. The molecule has 0 spiro atoms. The van der Waals surface area contributed by atoms with E-state index >= 15 is 0 Å². The number of nitroso groups, excluding NO2 is 1. The molecular weight excluding hydrogens is 410 g/mol. The lowest BCUT2D eigenvalue weighted by molar-refractivity contribution is 0.0428. The molecule has 0 saturated heterocycles. The van der Waals surface area contributed by atoms with Crippen molar-refractivity contribution in [2.24, 2.45) is 17.0 Å². The molecule has 0 heterocycles. The summed E-state index contributed by atoms with van der Waals surface area (Å²) in [7, 11) is 1.62. The predicted molar refractivity (Wildman–Crippen MR) is 136 cm³/mol. The highest BCUT2D eigenvalue weighted by molar-refractivity contribution is 6.29. The number of hydrogen-bond donors (Lipinski definition) is 1. The van der Waals surface area contributed by atoms with Crippen LogP contribution in [0.5, 0.6) is 0 Å². The van der Waals surface area contributed by atoms with E-state index in [4.69, 9.17) is 21.4 Å². The van der Waals surface area contributed by atoms with E-state index < -0.39 is 0 Å². The first-order valence-electron chi connectivity index (χ1n) is 11.5. The molecule has 1 N–H and O–H groups in total. The molecule has 31 heavy (non-hydrogen) atoms. The lowest BCUT2D eigenvalue weighted by Crippen LogP contribution is -2.14. The number of methoxy groups -OCH3 is 1. The van der Waals surface area contributed by atoms with Gasteiger partial charge in [0.25, 0.3) is 0 Å². The topological polar surface area (TPSA) is 58.9 Å². The van der Waals surface area contributed by atoms with Gasteiger partial charge >= 0.3 is 0 Å². The van der Waals surface area contributed by atoms with Crippen molar-refractivity contribution in [1.29, 1.82) is 0 Å². The molecule has 0 aromatic heterocycles. The molecule has 0 aromatic carbocycles. The maximum absolute atomic E-state index is 10.8. The van der Waals surface area contributed by atoms with Crippen molar-refractivity contribution in [2.45, 2.75) is 91.7 Å². The third kappa shape index (κ3) is 18.1. The van der Waals surface area contributed by atoms with E-state index in [-0.39, 0.29) is 18.8 Å². The van der Waals surface area contributed by atoms with E-state index in [2.05, 4.69) is 50.8 Å². The Labute approximate surface area is 196 Å². The molecule has 0 radical (unpaired) electrons. The van der Waals surface area contributed by atoms with Crippen LogP contribution in [-0.2, 0) is 4.74 Å². The summed E-state index contributed by atoms with van der Waals surface area (Å²) in [6.07, 6.45) is 17.6. The van der Waals surface area contributed by atoms with E-state index in [0.717, 1.165) is 50.0 Å². The SMILES string of the molecule is C/C(Cl)=C\C=C(/C)CCC/C=C/C1[C@@H](C)CC[C@H]1N=O.C=CC.CCCC(CO)OC. The zero-order chi connectivity index (χ0) is 24.1. The molecule has 2 unspecified atom stereocenters. The largest absolute Gasteiger partial charge is 0.394 e. The first-order chi connectivity index (χ1) is 14.8. The zero-order valence-electron chi connectivity index (χ0n) is 20.6. The second kappa shape index (κ2) is 22.0. The molecule has 1 fully saturated rings. The third-order valence-electron chi connectivity index (χ3n) is 5.20. The fraction of sp³-hybridized carbons (Fsp3) is 0.692. The molecule has 5 heteroatoms. The van der Waals surface area contributed by atoms with Gasteiger partial charge in [0.05, 0.1) is 18.8 Å². The molecular formula is C26H46ClNO3. The molecule has 1 saturated carbocycles. The van der Waals surface area contributed by atoms with Crippen molar-refractivity contribution in [3.63, 3.8) is 0 Å². The molecule has 1 aliphatic rings. The Morgan fingerprint density at radius 2 is 1.97 bits per heavy atom. The van der Waals surface area contributed by atoms with Crippen LogP contribution in [0.3, 0.4) is 0 Å². The van der Waals surface area contributed by atoms with E-state index in [1.54, 1.807) is 13.2 Å². The maximum Gasteiger partial charge on any atom is 0.0984 e. The van der Waals surface area contributed by atoms with Gasteiger partial charge in [0, 0.05) is 18.1 Å². The number of halogens is 1. The summed E-state index contributed by atoms with van der Waals surface area (Å²) in [4.78, 5) is 10.8. The van der Waals surface area contributed by atoms with Crippen LogP contribution in [-0.4, -0.2) is 31.0 Å². The van der Waals surface area contributed by atoms with Crippen LogP contribution in [0.25, 0.3) is 0 Å². The number of nitrogens with zero attached hydrogens (tertiary/aromatic N) is 1. The predicted octanol–water partition coefficient (Wildman–Crippen LogP) is 7.97.